The summed E-state index contributed by atoms with van der Waals surface area (Å²) in [6.45, 7) is 0. The van der Waals surface area contributed by atoms with Crippen molar-refractivity contribution in [2.24, 2.45) is 10.7 Å². The molecule has 0 radical (unpaired) electrons. The van der Waals surface area contributed by atoms with Crippen LogP contribution in [0, 0.1) is 0 Å². The molecule has 0 atom stereocenters. The lowest BCUT2D eigenvalue weighted by Gasteiger charge is -2.01. The van der Waals surface area contributed by atoms with Crippen molar-refractivity contribution >= 4 is 23.4 Å². The SMILES string of the molecule is NC=Nc1c(N)cccc1N. The minimum atomic E-state index is 0.534. The molecule has 0 unspecified atom stereocenters. The lowest BCUT2D eigenvalue weighted by atomic mass is 10.2. The predicted molar refractivity (Wildman–Crippen MR) is 47.6 cm³/mol. The average molecular weight is 150 g/mol. The number of nitrogens with zero attached hydrogens (tertiary/aromatic N) is 1. The van der Waals surface area contributed by atoms with Crippen LogP contribution in [0.25, 0.3) is 0 Å². The Kier molecular flexibility index (Phi) is 1.96. The molecule has 0 bridgehead atoms. The largest absolute Gasteiger partial charge is 0.397 e. The first kappa shape index (κ1) is 7.40. The second-order valence-electron chi connectivity index (χ2n) is 2.06. The van der Waals surface area contributed by atoms with Crippen LogP contribution in [-0.2, 0) is 0 Å². The van der Waals surface area contributed by atoms with E-state index >= 15 is 0 Å². The molecule has 0 aliphatic rings. The van der Waals surface area contributed by atoms with Gasteiger partial charge in [0.2, 0.25) is 0 Å². The van der Waals surface area contributed by atoms with Gasteiger partial charge in [0.05, 0.1) is 17.7 Å². The molecule has 0 saturated heterocycles. The molecule has 0 aromatic heterocycles. The molecule has 0 fully saturated rings. The summed E-state index contributed by atoms with van der Waals surface area (Å²) in [6, 6.07) is 5.21. The molecule has 0 aliphatic carbocycles. The van der Waals surface area contributed by atoms with Gasteiger partial charge in [-0.3, -0.25) is 0 Å². The van der Waals surface area contributed by atoms with Crippen LogP contribution in [0.15, 0.2) is 23.2 Å². The standard InChI is InChI=1S/C7H10N4/c8-4-11-7-5(9)2-1-3-6(7)10/h1-4H,9-10H2,(H2,8,11). The van der Waals surface area contributed by atoms with Gasteiger partial charge < -0.3 is 17.2 Å². The number of para-hydroxylation sites is 1. The molecule has 0 saturated carbocycles. The highest BCUT2D eigenvalue weighted by atomic mass is 14.9. The zero-order valence-electron chi connectivity index (χ0n) is 5.99. The Morgan fingerprint density at radius 1 is 1.18 bits per heavy atom. The number of anilines is 2. The number of nitrogens with two attached hydrogens (primary N) is 3. The Hall–Kier alpha value is -1.71. The molecule has 0 spiro atoms. The van der Waals surface area contributed by atoms with Crippen molar-refractivity contribution in [1.29, 1.82) is 0 Å². The van der Waals surface area contributed by atoms with Crippen LogP contribution in [0.1, 0.15) is 0 Å². The Bertz CT molecular complexity index is 260. The molecular weight excluding hydrogens is 140 g/mol. The van der Waals surface area contributed by atoms with Gasteiger partial charge in [0.1, 0.15) is 5.69 Å². The van der Waals surface area contributed by atoms with Crippen LogP contribution in [0.2, 0.25) is 0 Å². The van der Waals surface area contributed by atoms with E-state index in [0.29, 0.717) is 17.1 Å². The molecule has 4 nitrogen and oxygen atoms in total. The van der Waals surface area contributed by atoms with E-state index in [1.165, 1.54) is 6.34 Å². The Balaban J connectivity index is 3.20. The molecular formula is C7H10N4. The molecule has 6 N–H and O–H groups in total. The maximum absolute atomic E-state index is 5.56. The molecule has 1 aromatic carbocycles. The lowest BCUT2D eigenvalue weighted by molar-refractivity contribution is 1.51. The van der Waals surface area contributed by atoms with E-state index in [0.717, 1.165) is 0 Å². The maximum atomic E-state index is 5.56. The van der Waals surface area contributed by atoms with Gasteiger partial charge in [-0.15, -0.1) is 0 Å². The molecule has 0 aliphatic heterocycles. The van der Waals surface area contributed by atoms with Gasteiger partial charge in [0, 0.05) is 0 Å². The molecule has 0 heterocycles. The van der Waals surface area contributed by atoms with E-state index in [2.05, 4.69) is 4.99 Å². The van der Waals surface area contributed by atoms with E-state index in [1.807, 2.05) is 0 Å². The van der Waals surface area contributed by atoms with Gasteiger partial charge in [0.15, 0.2) is 0 Å². The summed E-state index contributed by atoms with van der Waals surface area (Å²) in [6.07, 6.45) is 1.17. The summed E-state index contributed by atoms with van der Waals surface area (Å²) < 4.78 is 0. The average Bonchev–Trinajstić information content (AvgIpc) is 1.97. The first-order chi connectivity index (χ1) is 5.25. The third kappa shape index (κ3) is 1.40. The van der Waals surface area contributed by atoms with Gasteiger partial charge in [-0.25, -0.2) is 4.99 Å². The molecule has 1 rings (SSSR count). The van der Waals surface area contributed by atoms with Crippen LogP contribution in [0.4, 0.5) is 17.1 Å². The summed E-state index contributed by atoms with van der Waals surface area (Å²) in [7, 11) is 0. The second kappa shape index (κ2) is 2.92. The van der Waals surface area contributed by atoms with Crippen molar-refractivity contribution in [3.8, 4) is 0 Å². The molecule has 0 amide bonds. The zero-order valence-corrected chi connectivity index (χ0v) is 5.99. The van der Waals surface area contributed by atoms with Gasteiger partial charge >= 0.3 is 0 Å². The third-order valence-corrected chi connectivity index (χ3v) is 1.30. The highest BCUT2D eigenvalue weighted by Gasteiger charge is 1.98. The molecule has 1 aromatic rings. The van der Waals surface area contributed by atoms with E-state index < -0.39 is 0 Å². The monoisotopic (exact) mass is 150 g/mol. The van der Waals surface area contributed by atoms with Crippen LogP contribution in [0.3, 0.4) is 0 Å². The van der Waals surface area contributed by atoms with E-state index in [4.69, 9.17) is 17.2 Å². The summed E-state index contributed by atoms with van der Waals surface area (Å²) in [4.78, 5) is 3.81. The highest BCUT2D eigenvalue weighted by Crippen LogP contribution is 2.27. The molecule has 4 heteroatoms. The van der Waals surface area contributed by atoms with Gasteiger partial charge in [0.25, 0.3) is 0 Å². The lowest BCUT2D eigenvalue weighted by Crippen LogP contribution is -1.93. The smallest absolute Gasteiger partial charge is 0.110 e. The van der Waals surface area contributed by atoms with Crippen molar-refractivity contribution in [1.82, 2.24) is 0 Å². The van der Waals surface area contributed by atoms with Crippen molar-refractivity contribution in [3.05, 3.63) is 18.2 Å². The molecule has 58 valence electrons. The predicted octanol–water partition coefficient (Wildman–Crippen LogP) is 0.469. The van der Waals surface area contributed by atoms with Gasteiger partial charge in [-0.2, -0.15) is 0 Å². The van der Waals surface area contributed by atoms with E-state index in [-0.39, 0.29) is 0 Å². The Morgan fingerprint density at radius 2 is 1.73 bits per heavy atom. The fourth-order valence-corrected chi connectivity index (χ4v) is 0.804. The zero-order chi connectivity index (χ0) is 8.27. The number of aliphatic imine (C=N–C) groups is 1. The van der Waals surface area contributed by atoms with Crippen LogP contribution >= 0.6 is 0 Å². The quantitative estimate of drug-likeness (QED) is 0.309. The number of benzene rings is 1. The third-order valence-electron chi connectivity index (χ3n) is 1.30. The van der Waals surface area contributed by atoms with E-state index in [1.54, 1.807) is 18.2 Å². The fourth-order valence-electron chi connectivity index (χ4n) is 0.804. The highest BCUT2D eigenvalue weighted by molar-refractivity contribution is 5.79. The van der Waals surface area contributed by atoms with Crippen molar-refractivity contribution in [2.75, 3.05) is 11.5 Å². The summed E-state index contributed by atoms with van der Waals surface area (Å²) in [5.41, 5.74) is 17.8. The van der Waals surface area contributed by atoms with Crippen LogP contribution in [-0.4, -0.2) is 6.34 Å². The Labute approximate surface area is 64.7 Å². The topological polar surface area (TPSA) is 90.4 Å². The van der Waals surface area contributed by atoms with Crippen molar-refractivity contribution in [3.63, 3.8) is 0 Å². The van der Waals surface area contributed by atoms with Crippen LogP contribution in [0.5, 0.6) is 0 Å². The number of nitrogen functional groups attached to an aromatic ring is 2. The summed E-state index contributed by atoms with van der Waals surface area (Å²) >= 11 is 0. The molecule has 11 heavy (non-hydrogen) atoms. The normalized spacial score (nSPS) is 10.5. The minimum absolute atomic E-state index is 0.534. The maximum Gasteiger partial charge on any atom is 0.110 e. The fraction of sp³-hybridized carbons (Fsp3) is 0. The number of hydrogen-bond acceptors (Lipinski definition) is 3. The van der Waals surface area contributed by atoms with Gasteiger partial charge in [-0.1, -0.05) is 6.07 Å². The van der Waals surface area contributed by atoms with Crippen molar-refractivity contribution in [2.45, 2.75) is 0 Å². The first-order valence-corrected chi connectivity index (χ1v) is 3.14. The van der Waals surface area contributed by atoms with E-state index in [9.17, 15) is 0 Å². The minimum Gasteiger partial charge on any atom is -0.397 e. The van der Waals surface area contributed by atoms with Gasteiger partial charge in [-0.05, 0) is 12.1 Å². The number of hydrogen-bond donors (Lipinski definition) is 3. The number of rotatable bonds is 1. The first-order valence-electron chi connectivity index (χ1n) is 3.14. The summed E-state index contributed by atoms with van der Waals surface area (Å²) in [5, 5.41) is 0. The second-order valence-corrected chi connectivity index (χ2v) is 2.06. The van der Waals surface area contributed by atoms with Crippen molar-refractivity contribution < 1.29 is 0 Å². The Morgan fingerprint density at radius 3 is 2.18 bits per heavy atom. The summed E-state index contributed by atoms with van der Waals surface area (Å²) in [5.74, 6) is 0. The van der Waals surface area contributed by atoms with Crippen LogP contribution < -0.4 is 17.2 Å².